The Morgan fingerprint density at radius 1 is 1.15 bits per heavy atom. The fourth-order valence-corrected chi connectivity index (χ4v) is 3.66. The van der Waals surface area contributed by atoms with Crippen molar-refractivity contribution < 1.29 is 4.74 Å². The Kier molecular flexibility index (Phi) is 3.86. The van der Waals surface area contributed by atoms with Gasteiger partial charge >= 0.3 is 0 Å². The molecule has 0 bridgehead atoms. The monoisotopic (exact) mass is 360 g/mol. The fraction of sp³-hybridized carbons (Fsp3) is 0.250. The van der Waals surface area contributed by atoms with E-state index in [1.165, 1.54) is 0 Å². The summed E-state index contributed by atoms with van der Waals surface area (Å²) in [6.07, 6.45) is 7.43. The highest BCUT2D eigenvalue weighted by atomic mass is 16.5. The van der Waals surface area contributed by atoms with Crippen molar-refractivity contribution in [3.63, 3.8) is 0 Å². The Morgan fingerprint density at radius 2 is 2.04 bits per heavy atom. The molecule has 4 aromatic heterocycles. The smallest absolute Gasteiger partial charge is 0.148 e. The third kappa shape index (κ3) is 2.76. The van der Waals surface area contributed by atoms with Gasteiger partial charge in [0.25, 0.3) is 0 Å². The number of aromatic amines is 1. The van der Waals surface area contributed by atoms with Gasteiger partial charge in [0.15, 0.2) is 0 Å². The van der Waals surface area contributed by atoms with Crippen LogP contribution in [0.2, 0.25) is 0 Å². The zero-order valence-corrected chi connectivity index (χ0v) is 15.0. The standard InChI is InChI=1S/C20H20N6O/c1-14-13-27-11-10-25(14)19-12-17(15-2-6-21-7-3-15)16-5-9-26(20(16)23-19)18-4-8-22-24-18/h2-9,12,14H,10-11,13H2,1H3,(H,22,24)/t14-/m1/s1. The molecule has 4 aromatic rings. The highest BCUT2D eigenvalue weighted by molar-refractivity contribution is 5.95. The lowest BCUT2D eigenvalue weighted by atomic mass is 10.0. The maximum absolute atomic E-state index is 5.61. The van der Waals surface area contributed by atoms with Gasteiger partial charge in [0.1, 0.15) is 17.3 Å². The van der Waals surface area contributed by atoms with E-state index < -0.39 is 0 Å². The van der Waals surface area contributed by atoms with E-state index in [4.69, 9.17) is 9.72 Å². The molecule has 0 aliphatic carbocycles. The number of morpholine rings is 1. The summed E-state index contributed by atoms with van der Waals surface area (Å²) in [4.78, 5) is 11.5. The van der Waals surface area contributed by atoms with Gasteiger partial charge in [-0.2, -0.15) is 5.10 Å². The van der Waals surface area contributed by atoms with Gasteiger partial charge in [-0.15, -0.1) is 0 Å². The second-order valence-corrected chi connectivity index (χ2v) is 6.75. The second kappa shape index (κ2) is 6.51. The Morgan fingerprint density at radius 3 is 2.81 bits per heavy atom. The van der Waals surface area contributed by atoms with E-state index in [0.29, 0.717) is 6.61 Å². The quantitative estimate of drug-likeness (QED) is 0.608. The van der Waals surface area contributed by atoms with Crippen molar-refractivity contribution in [2.45, 2.75) is 13.0 Å². The zero-order valence-electron chi connectivity index (χ0n) is 15.0. The van der Waals surface area contributed by atoms with Crippen LogP contribution in [0.1, 0.15) is 6.92 Å². The minimum absolute atomic E-state index is 0.282. The van der Waals surface area contributed by atoms with E-state index in [9.17, 15) is 0 Å². The van der Waals surface area contributed by atoms with E-state index in [-0.39, 0.29) is 6.04 Å². The number of rotatable bonds is 3. The van der Waals surface area contributed by atoms with Crippen molar-refractivity contribution in [3.8, 4) is 16.9 Å². The Hall–Kier alpha value is -3.19. The van der Waals surface area contributed by atoms with Crippen LogP contribution in [0, 0.1) is 0 Å². The maximum Gasteiger partial charge on any atom is 0.148 e. The second-order valence-electron chi connectivity index (χ2n) is 6.75. The summed E-state index contributed by atoms with van der Waals surface area (Å²) in [5.41, 5.74) is 3.18. The van der Waals surface area contributed by atoms with Crippen LogP contribution in [0.15, 0.2) is 55.1 Å². The van der Waals surface area contributed by atoms with Crippen LogP contribution in [0.5, 0.6) is 0 Å². The third-order valence-corrected chi connectivity index (χ3v) is 5.04. The zero-order chi connectivity index (χ0) is 18.2. The number of aromatic nitrogens is 5. The Labute approximate surface area is 156 Å². The number of pyridine rings is 2. The van der Waals surface area contributed by atoms with Crippen molar-refractivity contribution in [2.24, 2.45) is 0 Å². The number of ether oxygens (including phenoxy) is 1. The molecule has 5 heterocycles. The minimum Gasteiger partial charge on any atom is -0.377 e. The number of hydrogen-bond acceptors (Lipinski definition) is 5. The molecule has 0 unspecified atom stereocenters. The van der Waals surface area contributed by atoms with Gasteiger partial charge in [0.2, 0.25) is 0 Å². The molecule has 0 amide bonds. The van der Waals surface area contributed by atoms with Gasteiger partial charge < -0.3 is 9.64 Å². The molecule has 1 saturated heterocycles. The van der Waals surface area contributed by atoms with Gasteiger partial charge in [-0.1, -0.05) is 0 Å². The molecule has 0 saturated carbocycles. The van der Waals surface area contributed by atoms with Crippen molar-refractivity contribution in [1.29, 1.82) is 0 Å². The van der Waals surface area contributed by atoms with E-state index in [1.807, 2.05) is 41.4 Å². The lowest BCUT2D eigenvalue weighted by Crippen LogP contribution is -2.44. The van der Waals surface area contributed by atoms with Gasteiger partial charge in [-0.05, 0) is 42.3 Å². The maximum atomic E-state index is 5.61. The largest absolute Gasteiger partial charge is 0.377 e. The molecule has 5 rings (SSSR count). The molecular formula is C20H20N6O. The molecule has 27 heavy (non-hydrogen) atoms. The molecule has 0 radical (unpaired) electrons. The van der Waals surface area contributed by atoms with Crippen LogP contribution in [0.3, 0.4) is 0 Å². The molecule has 7 nitrogen and oxygen atoms in total. The first kappa shape index (κ1) is 16.0. The summed E-state index contributed by atoms with van der Waals surface area (Å²) < 4.78 is 7.65. The summed E-state index contributed by atoms with van der Waals surface area (Å²) in [5, 5.41) is 8.21. The molecule has 1 aliphatic rings. The number of H-pyrrole nitrogens is 1. The van der Waals surface area contributed by atoms with E-state index >= 15 is 0 Å². The number of fused-ring (bicyclic) bond motifs is 1. The lowest BCUT2D eigenvalue weighted by Gasteiger charge is -2.34. The highest BCUT2D eigenvalue weighted by Crippen LogP contribution is 2.33. The Balaban J connectivity index is 1.74. The molecule has 1 N–H and O–H groups in total. The first-order valence-electron chi connectivity index (χ1n) is 9.08. The van der Waals surface area contributed by atoms with Crippen LogP contribution < -0.4 is 4.90 Å². The van der Waals surface area contributed by atoms with Crippen molar-refractivity contribution in [2.75, 3.05) is 24.7 Å². The van der Waals surface area contributed by atoms with Crippen LogP contribution in [-0.2, 0) is 4.74 Å². The third-order valence-electron chi connectivity index (χ3n) is 5.04. The first-order valence-corrected chi connectivity index (χ1v) is 9.08. The van der Waals surface area contributed by atoms with Crippen LogP contribution in [0.4, 0.5) is 5.82 Å². The number of nitrogens with zero attached hydrogens (tertiary/aromatic N) is 5. The SMILES string of the molecule is C[C@@H]1COCCN1c1cc(-c2ccncc2)c2ccn(-c3ccn[nH]3)c2n1. The number of hydrogen-bond donors (Lipinski definition) is 1. The summed E-state index contributed by atoms with van der Waals surface area (Å²) >= 11 is 0. The fourth-order valence-electron chi connectivity index (χ4n) is 3.66. The molecule has 0 spiro atoms. The molecule has 1 atom stereocenters. The predicted octanol–water partition coefficient (Wildman–Crippen LogP) is 3.04. The van der Waals surface area contributed by atoms with Crippen molar-refractivity contribution >= 4 is 16.9 Å². The van der Waals surface area contributed by atoms with E-state index in [0.717, 1.165) is 46.9 Å². The number of anilines is 1. The summed E-state index contributed by atoms with van der Waals surface area (Å²) in [5.74, 6) is 1.86. The van der Waals surface area contributed by atoms with E-state index in [2.05, 4.69) is 39.1 Å². The molecule has 1 fully saturated rings. The first-order chi connectivity index (χ1) is 13.3. The highest BCUT2D eigenvalue weighted by Gasteiger charge is 2.23. The van der Waals surface area contributed by atoms with Gasteiger partial charge in [0, 0.05) is 36.6 Å². The minimum atomic E-state index is 0.282. The predicted molar refractivity (Wildman–Crippen MR) is 104 cm³/mol. The van der Waals surface area contributed by atoms with Crippen LogP contribution in [-0.4, -0.2) is 50.5 Å². The van der Waals surface area contributed by atoms with E-state index in [1.54, 1.807) is 6.20 Å². The van der Waals surface area contributed by atoms with Gasteiger partial charge in [0.05, 0.1) is 25.5 Å². The van der Waals surface area contributed by atoms with Crippen LogP contribution >= 0.6 is 0 Å². The lowest BCUT2D eigenvalue weighted by molar-refractivity contribution is 0.0986. The topological polar surface area (TPSA) is 71.9 Å². The van der Waals surface area contributed by atoms with Gasteiger partial charge in [-0.3, -0.25) is 14.6 Å². The summed E-state index contributed by atoms with van der Waals surface area (Å²) in [7, 11) is 0. The molecule has 7 heteroatoms. The van der Waals surface area contributed by atoms with Gasteiger partial charge in [-0.25, -0.2) is 4.98 Å². The number of nitrogens with one attached hydrogen (secondary N) is 1. The van der Waals surface area contributed by atoms with Crippen molar-refractivity contribution in [1.82, 2.24) is 24.7 Å². The summed E-state index contributed by atoms with van der Waals surface area (Å²) in [6.45, 7) is 4.44. The summed E-state index contributed by atoms with van der Waals surface area (Å²) in [6, 6.07) is 10.6. The molecule has 0 aromatic carbocycles. The normalized spacial score (nSPS) is 17.5. The van der Waals surface area contributed by atoms with Crippen molar-refractivity contribution in [3.05, 3.63) is 55.1 Å². The average molecular weight is 360 g/mol. The molecule has 1 aliphatic heterocycles. The Bertz CT molecular complexity index is 1060. The molecule has 136 valence electrons. The molecular weight excluding hydrogens is 340 g/mol. The van der Waals surface area contributed by atoms with Crippen LogP contribution in [0.25, 0.3) is 28.0 Å². The average Bonchev–Trinajstić information content (AvgIpc) is 3.38.